The van der Waals surface area contributed by atoms with Crippen molar-refractivity contribution < 1.29 is 4.74 Å². The molecule has 128 valence electrons. The third kappa shape index (κ3) is 6.10. The van der Waals surface area contributed by atoms with Crippen molar-refractivity contribution in [1.29, 1.82) is 0 Å². The van der Waals surface area contributed by atoms with Crippen LogP contribution in [0.25, 0.3) is 0 Å². The number of hydrogen-bond acceptors (Lipinski definition) is 3. The smallest absolute Gasteiger partial charge is 0.191 e. The van der Waals surface area contributed by atoms with Gasteiger partial charge >= 0.3 is 0 Å². The van der Waals surface area contributed by atoms with Gasteiger partial charge in [0.05, 0.1) is 7.11 Å². The molecular formula is C18H30N4O. The van der Waals surface area contributed by atoms with Crippen molar-refractivity contribution in [2.45, 2.75) is 26.3 Å². The zero-order valence-electron chi connectivity index (χ0n) is 14.6. The fourth-order valence-electron chi connectivity index (χ4n) is 2.89. The molecule has 1 heterocycles. The number of ether oxygens (including phenoxy) is 1. The van der Waals surface area contributed by atoms with Crippen molar-refractivity contribution in [2.75, 3.05) is 40.3 Å². The topological polar surface area (TPSA) is 48.9 Å². The van der Waals surface area contributed by atoms with Crippen LogP contribution < -0.4 is 15.4 Å². The lowest BCUT2D eigenvalue weighted by Gasteiger charge is -2.21. The molecule has 5 heteroatoms. The molecule has 1 aromatic carbocycles. The molecule has 2 N–H and O–H groups in total. The van der Waals surface area contributed by atoms with Crippen molar-refractivity contribution in [3.63, 3.8) is 0 Å². The first-order chi connectivity index (χ1) is 11.2. The molecule has 1 unspecified atom stereocenters. The van der Waals surface area contributed by atoms with Crippen LogP contribution in [0.4, 0.5) is 0 Å². The van der Waals surface area contributed by atoms with E-state index in [1.54, 1.807) is 7.11 Å². The molecule has 23 heavy (non-hydrogen) atoms. The summed E-state index contributed by atoms with van der Waals surface area (Å²) in [6.07, 6.45) is 2.70. The van der Waals surface area contributed by atoms with Gasteiger partial charge in [-0.05, 0) is 49.5 Å². The van der Waals surface area contributed by atoms with Crippen molar-refractivity contribution in [3.05, 3.63) is 29.8 Å². The molecule has 0 aromatic heterocycles. The number of benzene rings is 1. The molecule has 2 rings (SSSR count). The van der Waals surface area contributed by atoms with E-state index in [2.05, 4.69) is 39.6 Å². The third-order valence-electron chi connectivity index (χ3n) is 4.23. The Hall–Kier alpha value is -1.75. The van der Waals surface area contributed by atoms with Gasteiger partial charge < -0.3 is 20.3 Å². The van der Waals surface area contributed by atoms with Crippen molar-refractivity contribution in [1.82, 2.24) is 15.5 Å². The van der Waals surface area contributed by atoms with E-state index >= 15 is 0 Å². The second-order valence-electron chi connectivity index (χ2n) is 6.27. The van der Waals surface area contributed by atoms with E-state index in [1.165, 1.54) is 38.0 Å². The molecule has 0 bridgehead atoms. The zero-order valence-corrected chi connectivity index (χ0v) is 14.6. The maximum Gasteiger partial charge on any atom is 0.191 e. The van der Waals surface area contributed by atoms with Crippen LogP contribution in [-0.4, -0.2) is 51.2 Å². The van der Waals surface area contributed by atoms with Crippen LogP contribution in [0.1, 0.15) is 25.3 Å². The van der Waals surface area contributed by atoms with E-state index in [0.717, 1.165) is 24.8 Å². The Bertz CT molecular complexity index is 480. The average molecular weight is 318 g/mol. The van der Waals surface area contributed by atoms with E-state index in [4.69, 9.17) is 4.74 Å². The number of nitrogens with zero attached hydrogens (tertiary/aromatic N) is 2. The van der Waals surface area contributed by atoms with Gasteiger partial charge in [-0.3, -0.25) is 4.99 Å². The molecule has 1 aromatic rings. The Kier molecular flexibility index (Phi) is 7.20. The predicted octanol–water partition coefficient (Wildman–Crippen LogP) is 2.09. The van der Waals surface area contributed by atoms with E-state index in [-0.39, 0.29) is 0 Å². The Balaban J connectivity index is 1.69. The summed E-state index contributed by atoms with van der Waals surface area (Å²) < 4.78 is 5.17. The third-order valence-corrected chi connectivity index (χ3v) is 4.23. The molecule has 0 radical (unpaired) electrons. The first-order valence-electron chi connectivity index (χ1n) is 8.51. The number of nitrogens with one attached hydrogen (secondary N) is 2. The fraction of sp³-hybridized carbons (Fsp3) is 0.611. The fourth-order valence-corrected chi connectivity index (χ4v) is 2.89. The van der Waals surface area contributed by atoms with Crippen molar-refractivity contribution in [2.24, 2.45) is 10.9 Å². The lowest BCUT2D eigenvalue weighted by atomic mass is 10.1. The van der Waals surface area contributed by atoms with Gasteiger partial charge in [0.1, 0.15) is 5.75 Å². The van der Waals surface area contributed by atoms with Crippen molar-refractivity contribution >= 4 is 5.96 Å². The van der Waals surface area contributed by atoms with Crippen LogP contribution in [0.2, 0.25) is 0 Å². The van der Waals surface area contributed by atoms with Crippen LogP contribution in [0.5, 0.6) is 5.75 Å². The summed E-state index contributed by atoms with van der Waals surface area (Å²) in [5, 5.41) is 6.78. The highest BCUT2D eigenvalue weighted by Crippen LogP contribution is 2.11. The van der Waals surface area contributed by atoms with Gasteiger partial charge in [-0.2, -0.15) is 0 Å². The first-order valence-corrected chi connectivity index (χ1v) is 8.51. The lowest BCUT2D eigenvalue weighted by molar-refractivity contribution is 0.287. The van der Waals surface area contributed by atoms with Gasteiger partial charge in [0.2, 0.25) is 0 Å². The maximum atomic E-state index is 5.17. The normalized spacial score (nSPS) is 17.1. The summed E-state index contributed by atoms with van der Waals surface area (Å²) in [6.45, 7) is 7.68. The molecule has 1 aliphatic heterocycles. The Labute approximate surface area is 140 Å². The highest BCUT2D eigenvalue weighted by Gasteiger charge is 2.14. The van der Waals surface area contributed by atoms with Gasteiger partial charge in [-0.25, -0.2) is 0 Å². The minimum atomic E-state index is 0.618. The van der Waals surface area contributed by atoms with Crippen LogP contribution in [-0.2, 0) is 6.54 Å². The molecule has 5 nitrogen and oxygen atoms in total. The number of methoxy groups -OCH3 is 1. The monoisotopic (exact) mass is 318 g/mol. The summed E-state index contributed by atoms with van der Waals surface area (Å²) >= 11 is 0. The molecule has 1 fully saturated rings. The minimum absolute atomic E-state index is 0.618. The largest absolute Gasteiger partial charge is 0.497 e. The number of rotatable bonds is 7. The van der Waals surface area contributed by atoms with E-state index in [1.807, 2.05) is 19.2 Å². The maximum absolute atomic E-state index is 5.17. The molecule has 0 spiro atoms. The van der Waals surface area contributed by atoms with Gasteiger partial charge in [0.25, 0.3) is 0 Å². The molecule has 1 aliphatic rings. The summed E-state index contributed by atoms with van der Waals surface area (Å²) in [6, 6.07) is 8.08. The first kappa shape index (κ1) is 17.6. The second kappa shape index (κ2) is 9.40. The standard InChI is InChI=1S/C18H30N4O/c1-15(14-22-10-4-5-11-22)12-20-18(19-2)21-13-16-6-8-17(23-3)9-7-16/h6-9,15H,4-5,10-14H2,1-3H3,(H2,19,20,21). The summed E-state index contributed by atoms with van der Waals surface area (Å²) in [4.78, 5) is 6.85. The average Bonchev–Trinajstić information content (AvgIpc) is 3.08. The van der Waals surface area contributed by atoms with Crippen LogP contribution >= 0.6 is 0 Å². The van der Waals surface area contributed by atoms with Gasteiger partial charge in [0.15, 0.2) is 5.96 Å². The number of aliphatic imine (C=N–C) groups is 1. The lowest BCUT2D eigenvalue weighted by Crippen LogP contribution is -2.41. The number of likely N-dealkylation sites (tertiary alicyclic amines) is 1. The van der Waals surface area contributed by atoms with E-state index < -0.39 is 0 Å². The van der Waals surface area contributed by atoms with Crippen LogP contribution in [0, 0.1) is 5.92 Å². The molecule has 1 saturated heterocycles. The van der Waals surface area contributed by atoms with Crippen LogP contribution in [0.15, 0.2) is 29.3 Å². The van der Waals surface area contributed by atoms with Gasteiger partial charge in [0, 0.05) is 26.7 Å². The highest BCUT2D eigenvalue weighted by molar-refractivity contribution is 5.79. The zero-order chi connectivity index (χ0) is 16.5. The molecule has 0 aliphatic carbocycles. The van der Waals surface area contributed by atoms with Gasteiger partial charge in [-0.1, -0.05) is 19.1 Å². The Morgan fingerprint density at radius 1 is 1.22 bits per heavy atom. The van der Waals surface area contributed by atoms with Crippen molar-refractivity contribution in [3.8, 4) is 5.75 Å². The Morgan fingerprint density at radius 3 is 2.52 bits per heavy atom. The minimum Gasteiger partial charge on any atom is -0.497 e. The van der Waals surface area contributed by atoms with E-state index in [0.29, 0.717) is 5.92 Å². The summed E-state index contributed by atoms with van der Waals surface area (Å²) in [5.41, 5.74) is 1.21. The second-order valence-corrected chi connectivity index (χ2v) is 6.27. The molecule has 0 saturated carbocycles. The Morgan fingerprint density at radius 2 is 1.91 bits per heavy atom. The predicted molar refractivity (Wildman–Crippen MR) is 96.0 cm³/mol. The summed E-state index contributed by atoms with van der Waals surface area (Å²) in [5.74, 6) is 2.36. The quantitative estimate of drug-likeness (QED) is 0.597. The molecule has 1 atom stereocenters. The molecule has 0 amide bonds. The number of hydrogen-bond donors (Lipinski definition) is 2. The molecular weight excluding hydrogens is 288 g/mol. The van der Waals surface area contributed by atoms with E-state index in [9.17, 15) is 0 Å². The SMILES string of the molecule is CN=C(NCc1ccc(OC)cc1)NCC(C)CN1CCCC1. The highest BCUT2D eigenvalue weighted by atomic mass is 16.5. The van der Waals surface area contributed by atoms with Crippen LogP contribution in [0.3, 0.4) is 0 Å². The summed E-state index contributed by atoms with van der Waals surface area (Å²) in [7, 11) is 3.50. The number of guanidine groups is 1. The van der Waals surface area contributed by atoms with Gasteiger partial charge in [-0.15, -0.1) is 0 Å².